The highest BCUT2D eigenvalue weighted by Gasteiger charge is 2.40. The number of halogens is 3. The van der Waals surface area contributed by atoms with Crippen molar-refractivity contribution in [2.24, 2.45) is 5.73 Å². The van der Waals surface area contributed by atoms with Gasteiger partial charge in [-0.05, 0) is 6.07 Å². The Balaban J connectivity index is 0.00000225. The smallest absolute Gasteiger partial charge is 0.404 e. The molecule has 0 fully saturated rings. The van der Waals surface area contributed by atoms with Crippen LogP contribution in [0.25, 0.3) is 0 Å². The van der Waals surface area contributed by atoms with Gasteiger partial charge in [-0.3, -0.25) is 10.1 Å². The number of alkyl halides is 2. The maximum absolute atomic E-state index is 12.8. The highest BCUT2D eigenvalue weighted by molar-refractivity contribution is 5.85. The summed E-state index contributed by atoms with van der Waals surface area (Å²) in [7, 11) is 0. The first-order valence-corrected chi connectivity index (χ1v) is 3.87. The second-order valence-corrected chi connectivity index (χ2v) is 2.83. The predicted molar refractivity (Wildman–Crippen MR) is 51.6 cm³/mol. The van der Waals surface area contributed by atoms with Crippen LogP contribution >= 0.6 is 12.4 Å². The summed E-state index contributed by atoms with van der Waals surface area (Å²) in [5, 5.41) is 18.5. The van der Waals surface area contributed by atoms with Gasteiger partial charge in [0.15, 0.2) is 0 Å². The van der Waals surface area contributed by atoms with Crippen LogP contribution in [0, 0.1) is 10.1 Å². The van der Waals surface area contributed by atoms with E-state index < -0.39 is 35.1 Å². The number of furan rings is 1. The number of aliphatic hydroxyl groups is 1. The molecule has 0 aliphatic carbocycles. The summed E-state index contributed by atoms with van der Waals surface area (Å²) >= 11 is 0. The predicted octanol–water partition coefficient (Wildman–Crippen LogP) is 1.24. The molecule has 0 radical (unpaired) electrons. The van der Waals surface area contributed by atoms with Gasteiger partial charge >= 0.3 is 5.88 Å². The summed E-state index contributed by atoms with van der Waals surface area (Å²) in [6, 6.07) is -0.00846. The molecule has 1 heterocycles. The molecule has 9 heteroatoms. The van der Waals surface area contributed by atoms with Crippen LogP contribution < -0.4 is 5.73 Å². The molecule has 1 rings (SSSR count). The molecule has 92 valence electrons. The van der Waals surface area contributed by atoms with Crippen molar-refractivity contribution in [3.63, 3.8) is 0 Å². The Hall–Kier alpha value is -1.25. The molecule has 6 nitrogen and oxygen atoms in total. The van der Waals surface area contributed by atoms with Crippen LogP contribution in [-0.4, -0.2) is 22.6 Å². The van der Waals surface area contributed by atoms with E-state index in [9.17, 15) is 18.9 Å². The monoisotopic (exact) mass is 258 g/mol. The second-order valence-electron chi connectivity index (χ2n) is 2.83. The number of hydrogen-bond donors (Lipinski definition) is 2. The molecule has 3 N–H and O–H groups in total. The molecular formula is C7H9ClF2N2O4. The molecule has 1 aromatic heterocycles. The third kappa shape index (κ3) is 2.87. The number of hydrogen-bond acceptors (Lipinski definition) is 5. The maximum atomic E-state index is 12.8. The molecule has 16 heavy (non-hydrogen) atoms. The van der Waals surface area contributed by atoms with Crippen LogP contribution in [0.2, 0.25) is 0 Å². The van der Waals surface area contributed by atoms with Gasteiger partial charge in [0.1, 0.15) is 23.3 Å². The molecule has 0 amide bonds. The van der Waals surface area contributed by atoms with E-state index in [0.29, 0.717) is 0 Å². The van der Waals surface area contributed by atoms with E-state index in [1.807, 2.05) is 0 Å². The van der Waals surface area contributed by atoms with Crippen molar-refractivity contribution in [1.29, 1.82) is 0 Å². The standard InChI is InChI=1S/C7H8F2N2O4.ClH/c8-7(9,3-12)6(10)4-1-2-5(15-4)11(13)14;/h1-2,6,12H,3,10H2;1H/t6-;/m1./s1. The molecule has 0 saturated heterocycles. The molecule has 0 aliphatic rings. The summed E-state index contributed by atoms with van der Waals surface area (Å²) in [5.41, 5.74) is 5.07. The summed E-state index contributed by atoms with van der Waals surface area (Å²) in [5.74, 6) is -4.69. The number of nitro groups is 1. The molecule has 0 unspecified atom stereocenters. The van der Waals surface area contributed by atoms with Crippen molar-refractivity contribution in [2.45, 2.75) is 12.0 Å². The lowest BCUT2D eigenvalue weighted by molar-refractivity contribution is -0.402. The molecule has 0 bridgehead atoms. The molecule has 0 saturated carbocycles. The zero-order valence-electron chi connectivity index (χ0n) is 7.80. The average Bonchev–Trinajstić information content (AvgIpc) is 2.65. The van der Waals surface area contributed by atoms with Crippen molar-refractivity contribution in [3.8, 4) is 0 Å². The van der Waals surface area contributed by atoms with Crippen molar-refractivity contribution >= 4 is 18.3 Å². The summed E-state index contributed by atoms with van der Waals surface area (Å²) in [6.45, 7) is -1.46. The fourth-order valence-electron chi connectivity index (χ4n) is 0.914. The quantitative estimate of drug-likeness (QED) is 0.625. The maximum Gasteiger partial charge on any atom is 0.433 e. The van der Waals surface area contributed by atoms with Crippen molar-refractivity contribution < 1.29 is 23.2 Å². The molecule has 1 atom stereocenters. The third-order valence-corrected chi connectivity index (χ3v) is 1.76. The number of nitrogens with two attached hydrogens (primary N) is 1. The number of nitrogens with zero attached hydrogens (tertiary/aromatic N) is 1. The number of aliphatic hydroxyl groups excluding tert-OH is 1. The molecule has 0 aliphatic heterocycles. The fourth-order valence-corrected chi connectivity index (χ4v) is 0.914. The van der Waals surface area contributed by atoms with E-state index in [0.717, 1.165) is 12.1 Å². The van der Waals surface area contributed by atoms with Gasteiger partial charge in [0.25, 0.3) is 5.92 Å². The highest BCUT2D eigenvalue weighted by atomic mass is 35.5. The first-order chi connectivity index (χ1) is 6.88. The van der Waals surface area contributed by atoms with Crippen LogP contribution in [0.15, 0.2) is 16.5 Å². The molecule has 0 aromatic carbocycles. The minimum atomic E-state index is -3.58. The van der Waals surface area contributed by atoms with Gasteiger partial charge in [0.05, 0.1) is 6.07 Å². The van der Waals surface area contributed by atoms with Crippen molar-refractivity contribution in [2.75, 3.05) is 6.61 Å². The van der Waals surface area contributed by atoms with E-state index in [4.69, 9.17) is 10.8 Å². The van der Waals surface area contributed by atoms with E-state index in [-0.39, 0.29) is 12.4 Å². The van der Waals surface area contributed by atoms with Gasteiger partial charge in [0, 0.05) is 0 Å². The fraction of sp³-hybridized carbons (Fsp3) is 0.429. The topological polar surface area (TPSA) is 103 Å². The lowest BCUT2D eigenvalue weighted by atomic mass is 10.1. The molecule has 1 aromatic rings. The van der Waals surface area contributed by atoms with E-state index >= 15 is 0 Å². The van der Waals surface area contributed by atoms with Crippen LogP contribution in [0.4, 0.5) is 14.7 Å². The Kier molecular flexibility index (Phi) is 4.79. The van der Waals surface area contributed by atoms with Crippen LogP contribution in [0.1, 0.15) is 11.8 Å². The third-order valence-electron chi connectivity index (χ3n) is 1.76. The molecule has 0 spiro atoms. The van der Waals surface area contributed by atoms with Gasteiger partial charge in [0.2, 0.25) is 0 Å². The first-order valence-electron chi connectivity index (χ1n) is 3.87. The Morgan fingerprint density at radius 3 is 2.56 bits per heavy atom. The van der Waals surface area contributed by atoms with Crippen LogP contribution in [0.3, 0.4) is 0 Å². The van der Waals surface area contributed by atoms with Gasteiger partial charge in [-0.25, -0.2) is 8.78 Å². The second kappa shape index (κ2) is 5.19. The first kappa shape index (κ1) is 14.8. The van der Waals surface area contributed by atoms with Crippen LogP contribution in [0.5, 0.6) is 0 Å². The Bertz CT molecular complexity index is 371. The van der Waals surface area contributed by atoms with Crippen molar-refractivity contribution in [1.82, 2.24) is 0 Å². The average molecular weight is 259 g/mol. The Morgan fingerprint density at radius 2 is 2.19 bits per heavy atom. The number of rotatable bonds is 4. The Morgan fingerprint density at radius 1 is 1.62 bits per heavy atom. The zero-order chi connectivity index (χ0) is 11.6. The zero-order valence-corrected chi connectivity index (χ0v) is 8.62. The Labute approximate surface area is 94.6 Å². The van der Waals surface area contributed by atoms with Gasteiger partial charge in [-0.2, -0.15) is 0 Å². The van der Waals surface area contributed by atoms with Gasteiger partial charge in [-0.15, -0.1) is 12.4 Å². The summed E-state index contributed by atoms with van der Waals surface area (Å²) < 4.78 is 30.2. The van der Waals surface area contributed by atoms with Gasteiger partial charge in [-0.1, -0.05) is 0 Å². The summed E-state index contributed by atoms with van der Waals surface area (Å²) in [6.07, 6.45) is 0. The lowest BCUT2D eigenvalue weighted by Crippen LogP contribution is -2.35. The minimum absolute atomic E-state index is 0. The highest BCUT2D eigenvalue weighted by Crippen LogP contribution is 2.31. The SMILES string of the molecule is Cl.N[C@H](c1ccc([N+](=O)[O-])o1)C(F)(F)CO. The minimum Gasteiger partial charge on any atom is -0.404 e. The van der Waals surface area contributed by atoms with E-state index in [2.05, 4.69) is 4.42 Å². The van der Waals surface area contributed by atoms with E-state index in [1.54, 1.807) is 0 Å². The lowest BCUT2D eigenvalue weighted by Gasteiger charge is -2.18. The van der Waals surface area contributed by atoms with Gasteiger partial charge < -0.3 is 15.3 Å². The van der Waals surface area contributed by atoms with Crippen molar-refractivity contribution in [3.05, 3.63) is 28.0 Å². The molecular weight excluding hydrogens is 250 g/mol. The largest absolute Gasteiger partial charge is 0.433 e. The summed E-state index contributed by atoms with van der Waals surface area (Å²) in [4.78, 5) is 9.32. The van der Waals surface area contributed by atoms with Crippen LogP contribution in [-0.2, 0) is 0 Å². The normalized spacial score (nSPS) is 13.0. The van der Waals surface area contributed by atoms with E-state index in [1.165, 1.54) is 0 Å².